The highest BCUT2D eigenvalue weighted by molar-refractivity contribution is 6.09. The number of fused-ring (bicyclic) bond motifs is 4. The molecule has 0 saturated heterocycles. The summed E-state index contributed by atoms with van der Waals surface area (Å²) < 4.78 is 9.06. The lowest BCUT2D eigenvalue weighted by Crippen LogP contribution is -2.25. The summed E-state index contributed by atoms with van der Waals surface area (Å²) in [5.41, 5.74) is 15.5. The molecule has 3 heterocycles. The summed E-state index contributed by atoms with van der Waals surface area (Å²) in [6.07, 6.45) is 1.92. The first-order valence-electron chi connectivity index (χ1n) is 22.9. The fraction of sp³-hybridized carbons (Fsp3) is 0.217. The third-order valence-electron chi connectivity index (χ3n) is 13.0. The zero-order valence-corrected chi connectivity index (χ0v) is 39.1. The lowest BCUT2D eigenvalue weighted by molar-refractivity contribution is 0.483. The number of hydrogen-bond donors (Lipinski definition) is 0. The van der Waals surface area contributed by atoms with Gasteiger partial charge in [-0.3, -0.25) is 4.57 Å². The molecule has 0 radical (unpaired) electrons. The average molecular weight is 851 g/mol. The van der Waals surface area contributed by atoms with E-state index in [0.717, 1.165) is 50.8 Å². The second kappa shape index (κ2) is 15.8. The van der Waals surface area contributed by atoms with Gasteiger partial charge in [0.25, 0.3) is 0 Å². The van der Waals surface area contributed by atoms with Crippen LogP contribution in [0.5, 0.6) is 11.5 Å². The van der Waals surface area contributed by atoms with Gasteiger partial charge in [0.1, 0.15) is 24.0 Å². The second-order valence-electron chi connectivity index (χ2n) is 20.6. The zero-order valence-electron chi connectivity index (χ0n) is 39.1. The number of benzene rings is 7. The number of anilines is 4. The molecule has 1 aliphatic rings. The molecule has 5 heteroatoms. The van der Waals surface area contributed by atoms with Gasteiger partial charge in [-0.2, -0.15) is 0 Å². The maximum absolute atomic E-state index is 6.80. The molecule has 0 bridgehead atoms. The Labute approximate surface area is 384 Å². The Hall–Kier alpha value is -7.11. The number of pyridine rings is 1. The highest BCUT2D eigenvalue weighted by Crippen LogP contribution is 2.51. The molecule has 0 unspecified atom stereocenters. The number of hydrogen-bond acceptors (Lipinski definition) is 4. The molecular formula is C60H58N4O. The molecule has 65 heavy (non-hydrogen) atoms. The minimum Gasteiger partial charge on any atom is -0.457 e. The fourth-order valence-electron chi connectivity index (χ4n) is 9.34. The van der Waals surface area contributed by atoms with Crippen molar-refractivity contribution < 1.29 is 4.74 Å². The van der Waals surface area contributed by atoms with Gasteiger partial charge in [0.05, 0.1) is 28.1 Å². The molecule has 1 aliphatic heterocycles. The predicted octanol–water partition coefficient (Wildman–Crippen LogP) is 16.4. The van der Waals surface area contributed by atoms with Crippen molar-refractivity contribution in [1.29, 1.82) is 0 Å². The number of rotatable bonds is 7. The smallest absolute Gasteiger partial charge is 0.137 e. The average Bonchev–Trinajstić information content (AvgIpc) is 3.84. The van der Waals surface area contributed by atoms with E-state index in [-0.39, 0.29) is 16.2 Å². The van der Waals surface area contributed by atoms with E-state index in [1.54, 1.807) is 0 Å². The Morgan fingerprint density at radius 1 is 0.446 bits per heavy atom. The maximum atomic E-state index is 6.80. The van der Waals surface area contributed by atoms with Crippen LogP contribution in [-0.4, -0.2) is 16.2 Å². The Bertz CT molecular complexity index is 3130. The van der Waals surface area contributed by atoms with Crippen LogP contribution in [-0.2, 0) is 16.2 Å². The van der Waals surface area contributed by atoms with Crippen molar-refractivity contribution in [2.45, 2.75) is 78.6 Å². The van der Waals surface area contributed by atoms with Gasteiger partial charge in [-0.15, -0.1) is 0 Å². The Balaban J connectivity index is 1.04. The summed E-state index contributed by atoms with van der Waals surface area (Å²) >= 11 is 0. The lowest BCUT2D eigenvalue weighted by atomic mass is 9.85. The number of ether oxygens (including phenoxy) is 1. The molecular weight excluding hydrogens is 793 g/mol. The summed E-state index contributed by atoms with van der Waals surface area (Å²) in [5, 5.41) is 2.35. The summed E-state index contributed by atoms with van der Waals surface area (Å²) in [5.74, 6) is 2.43. The summed E-state index contributed by atoms with van der Waals surface area (Å²) in [6.45, 7) is 21.0. The number of nitrogens with zero attached hydrogens (tertiary/aromatic N) is 4. The Kier molecular flexibility index (Phi) is 10.2. The van der Waals surface area contributed by atoms with Gasteiger partial charge in [-0.05, 0) is 98.7 Å². The molecule has 5 nitrogen and oxygen atoms in total. The predicted molar refractivity (Wildman–Crippen MR) is 274 cm³/mol. The Morgan fingerprint density at radius 2 is 1.00 bits per heavy atom. The van der Waals surface area contributed by atoms with Crippen LogP contribution in [0.2, 0.25) is 0 Å². The molecule has 0 spiro atoms. The SMILES string of the molecule is CC(C)(C)c1ccc(-c2cccc(-c3ccc(C(C)(C)C)cc3)c2N2CN(c3cccc(Oc4ccc5c6ccccc6n(-c6cc(C(C)(C)C)ccn6)c5c4)c3)c3ccccc32)cc1. The van der Waals surface area contributed by atoms with E-state index < -0.39 is 0 Å². The van der Waals surface area contributed by atoms with Crippen LogP contribution >= 0.6 is 0 Å². The molecule has 7 aromatic carbocycles. The first-order chi connectivity index (χ1) is 31.1. The standard InChI is InChI=1S/C60H58N4O/c1-58(2,3)42-28-24-40(25-29-42)48-19-15-20-49(41-26-30-43(31-27-41)59(4,5)6)57(48)63-39-62(53-22-12-13-23-54(53)63)45-16-14-17-46(37-45)65-47-32-33-51-50-18-10-11-21-52(50)64(55(51)38-47)56-36-44(34-35-61-56)60(7,8)9/h10-38H,39H2,1-9H3. The number of aromatic nitrogens is 2. The molecule has 0 saturated carbocycles. The third-order valence-corrected chi connectivity index (χ3v) is 13.0. The van der Waals surface area contributed by atoms with Gasteiger partial charge >= 0.3 is 0 Å². The molecule has 0 amide bonds. The van der Waals surface area contributed by atoms with E-state index in [4.69, 9.17) is 9.72 Å². The van der Waals surface area contributed by atoms with Crippen LogP contribution in [0.25, 0.3) is 49.9 Å². The molecule has 0 N–H and O–H groups in total. The van der Waals surface area contributed by atoms with Crippen LogP contribution in [0.1, 0.15) is 79.0 Å². The van der Waals surface area contributed by atoms with Crippen molar-refractivity contribution in [3.05, 3.63) is 193 Å². The summed E-state index contributed by atoms with van der Waals surface area (Å²) in [6, 6.07) is 61.7. The molecule has 324 valence electrons. The maximum Gasteiger partial charge on any atom is 0.137 e. The highest BCUT2D eigenvalue weighted by Gasteiger charge is 2.32. The monoisotopic (exact) mass is 850 g/mol. The number of para-hydroxylation sites is 4. The topological polar surface area (TPSA) is 33.5 Å². The molecule has 2 aromatic heterocycles. The van der Waals surface area contributed by atoms with Crippen molar-refractivity contribution in [3.63, 3.8) is 0 Å². The molecule has 0 atom stereocenters. The first kappa shape index (κ1) is 41.9. The van der Waals surface area contributed by atoms with Crippen LogP contribution < -0.4 is 14.5 Å². The molecule has 0 fully saturated rings. The van der Waals surface area contributed by atoms with Gasteiger partial charge in [-0.25, -0.2) is 4.98 Å². The van der Waals surface area contributed by atoms with Gasteiger partial charge < -0.3 is 14.5 Å². The second-order valence-corrected chi connectivity index (χ2v) is 20.6. The van der Waals surface area contributed by atoms with E-state index in [1.165, 1.54) is 50.0 Å². The summed E-state index contributed by atoms with van der Waals surface area (Å²) in [4.78, 5) is 9.80. The minimum atomic E-state index is -0.00889. The van der Waals surface area contributed by atoms with Crippen molar-refractivity contribution >= 4 is 44.6 Å². The van der Waals surface area contributed by atoms with E-state index in [0.29, 0.717) is 6.67 Å². The summed E-state index contributed by atoms with van der Waals surface area (Å²) in [7, 11) is 0. The molecule has 9 aromatic rings. The van der Waals surface area contributed by atoms with E-state index >= 15 is 0 Å². The van der Waals surface area contributed by atoms with Crippen molar-refractivity contribution in [3.8, 4) is 39.6 Å². The van der Waals surface area contributed by atoms with Crippen LogP contribution in [0, 0.1) is 0 Å². The largest absolute Gasteiger partial charge is 0.457 e. The molecule has 10 rings (SSSR count). The first-order valence-corrected chi connectivity index (χ1v) is 22.9. The quantitative estimate of drug-likeness (QED) is 0.160. The Morgan fingerprint density at radius 3 is 1.63 bits per heavy atom. The van der Waals surface area contributed by atoms with Crippen molar-refractivity contribution in [1.82, 2.24) is 9.55 Å². The van der Waals surface area contributed by atoms with Gasteiger partial charge in [0, 0.05) is 45.9 Å². The van der Waals surface area contributed by atoms with E-state index in [2.05, 4.69) is 240 Å². The van der Waals surface area contributed by atoms with E-state index in [1.807, 2.05) is 12.3 Å². The highest BCUT2D eigenvalue weighted by atomic mass is 16.5. The minimum absolute atomic E-state index is 0.00889. The zero-order chi connectivity index (χ0) is 45.3. The van der Waals surface area contributed by atoms with E-state index in [9.17, 15) is 0 Å². The molecule has 0 aliphatic carbocycles. The third kappa shape index (κ3) is 7.84. The van der Waals surface area contributed by atoms with Gasteiger partial charge in [-0.1, -0.05) is 165 Å². The van der Waals surface area contributed by atoms with Crippen molar-refractivity contribution in [2.75, 3.05) is 16.5 Å². The normalized spacial score (nSPS) is 13.2. The van der Waals surface area contributed by atoms with Crippen LogP contribution in [0.15, 0.2) is 176 Å². The fourth-order valence-corrected chi connectivity index (χ4v) is 9.34. The van der Waals surface area contributed by atoms with Crippen LogP contribution in [0.4, 0.5) is 22.7 Å². The van der Waals surface area contributed by atoms with Gasteiger partial charge in [0.2, 0.25) is 0 Å². The van der Waals surface area contributed by atoms with Gasteiger partial charge in [0.15, 0.2) is 0 Å². The van der Waals surface area contributed by atoms with Crippen LogP contribution in [0.3, 0.4) is 0 Å². The lowest BCUT2D eigenvalue weighted by Gasteiger charge is -2.28. The van der Waals surface area contributed by atoms with Crippen molar-refractivity contribution in [2.24, 2.45) is 0 Å².